The van der Waals surface area contributed by atoms with Crippen LogP contribution in [0.4, 0.5) is 0 Å². The van der Waals surface area contributed by atoms with E-state index in [0.717, 1.165) is 20.1 Å². The van der Waals surface area contributed by atoms with Crippen molar-refractivity contribution in [3.05, 3.63) is 67.6 Å². The number of benzene rings is 2. The molecule has 2 rings (SSSR count). The van der Waals surface area contributed by atoms with Crippen molar-refractivity contribution in [1.82, 2.24) is 0 Å². The van der Waals surface area contributed by atoms with Crippen LogP contribution in [-0.4, -0.2) is 5.11 Å². The Balaban J connectivity index is 2.22. The third-order valence-corrected chi connectivity index (χ3v) is 4.39. The molecule has 0 bridgehead atoms. The van der Waals surface area contributed by atoms with E-state index < -0.39 is 6.10 Å². The molecule has 2 aromatic rings. The minimum Gasteiger partial charge on any atom is -0.388 e. The van der Waals surface area contributed by atoms with Crippen molar-refractivity contribution in [2.24, 2.45) is 0 Å². The van der Waals surface area contributed by atoms with Crippen molar-refractivity contribution in [2.45, 2.75) is 12.5 Å². The molecule has 0 aliphatic heterocycles. The van der Waals surface area contributed by atoms with Gasteiger partial charge in [-0.05, 0) is 29.3 Å². The second kappa shape index (κ2) is 6.20. The minimum atomic E-state index is -0.560. The van der Waals surface area contributed by atoms with E-state index >= 15 is 0 Å². The van der Waals surface area contributed by atoms with Crippen LogP contribution in [0.1, 0.15) is 17.2 Å². The van der Waals surface area contributed by atoms with E-state index in [2.05, 4.69) is 31.9 Å². The molecule has 1 atom stereocenters. The smallest absolute Gasteiger partial charge is 0.0841 e. The molecule has 0 aliphatic carbocycles. The number of aliphatic hydroxyl groups excluding tert-OH is 1. The van der Waals surface area contributed by atoms with Gasteiger partial charge in [0.2, 0.25) is 0 Å². The van der Waals surface area contributed by atoms with Gasteiger partial charge in [0.1, 0.15) is 0 Å². The number of hydrogen-bond acceptors (Lipinski definition) is 1. The summed E-state index contributed by atoms with van der Waals surface area (Å²) >= 11 is 12.8. The highest BCUT2D eigenvalue weighted by Gasteiger charge is 2.13. The maximum Gasteiger partial charge on any atom is 0.0841 e. The number of halogens is 3. The van der Waals surface area contributed by atoms with Gasteiger partial charge in [0.15, 0.2) is 0 Å². The zero-order valence-electron chi connectivity index (χ0n) is 9.41. The van der Waals surface area contributed by atoms with Crippen LogP contribution < -0.4 is 0 Å². The quantitative estimate of drug-likeness (QED) is 0.769. The van der Waals surface area contributed by atoms with E-state index in [1.54, 1.807) is 12.1 Å². The molecule has 18 heavy (non-hydrogen) atoms. The van der Waals surface area contributed by atoms with Gasteiger partial charge >= 0.3 is 0 Å². The van der Waals surface area contributed by atoms with Crippen LogP contribution in [0.3, 0.4) is 0 Å². The summed E-state index contributed by atoms with van der Waals surface area (Å²) in [6.07, 6.45) is -0.00267. The van der Waals surface area contributed by atoms with E-state index in [9.17, 15) is 5.11 Å². The second-order valence-electron chi connectivity index (χ2n) is 3.98. The van der Waals surface area contributed by atoms with Gasteiger partial charge in [0, 0.05) is 20.4 Å². The van der Waals surface area contributed by atoms with Crippen molar-refractivity contribution in [3.63, 3.8) is 0 Å². The molecule has 1 N–H and O–H groups in total. The maximum atomic E-state index is 10.3. The van der Waals surface area contributed by atoms with Crippen molar-refractivity contribution in [2.75, 3.05) is 0 Å². The molecule has 0 aromatic heterocycles. The molecular weight excluding hydrogens is 379 g/mol. The van der Waals surface area contributed by atoms with Crippen LogP contribution in [-0.2, 0) is 6.42 Å². The standard InChI is InChI=1S/C14H11Br2ClO/c15-12-4-2-1-3-9(12)7-14(18)11-6-5-10(17)8-13(11)16/h1-6,8,14,18H,7H2. The topological polar surface area (TPSA) is 20.2 Å². The third kappa shape index (κ3) is 3.35. The fourth-order valence-corrected chi connectivity index (χ4v) is 3.15. The normalized spacial score (nSPS) is 12.4. The lowest BCUT2D eigenvalue weighted by atomic mass is 10.0. The van der Waals surface area contributed by atoms with Gasteiger partial charge in [-0.25, -0.2) is 0 Å². The highest BCUT2D eigenvalue weighted by atomic mass is 79.9. The van der Waals surface area contributed by atoms with Gasteiger partial charge < -0.3 is 5.11 Å². The Bertz CT molecular complexity index is 557. The monoisotopic (exact) mass is 388 g/mol. The largest absolute Gasteiger partial charge is 0.388 e. The van der Waals surface area contributed by atoms with Gasteiger partial charge in [-0.15, -0.1) is 0 Å². The third-order valence-electron chi connectivity index (χ3n) is 2.69. The Morgan fingerprint density at radius 3 is 2.44 bits per heavy atom. The predicted molar refractivity (Wildman–Crippen MR) is 82.0 cm³/mol. The summed E-state index contributed by atoms with van der Waals surface area (Å²) in [4.78, 5) is 0. The molecule has 0 fully saturated rings. The van der Waals surface area contributed by atoms with Gasteiger partial charge in [-0.3, -0.25) is 0 Å². The van der Waals surface area contributed by atoms with E-state index in [1.165, 1.54) is 0 Å². The highest BCUT2D eigenvalue weighted by Crippen LogP contribution is 2.30. The lowest BCUT2D eigenvalue weighted by Crippen LogP contribution is -2.03. The molecule has 4 heteroatoms. The number of hydrogen-bond donors (Lipinski definition) is 1. The molecule has 1 unspecified atom stereocenters. The molecule has 0 heterocycles. The fourth-order valence-electron chi connectivity index (χ4n) is 1.75. The Labute approximate surface area is 128 Å². The summed E-state index contributed by atoms with van der Waals surface area (Å²) in [5.41, 5.74) is 1.92. The fraction of sp³-hybridized carbons (Fsp3) is 0.143. The Kier molecular flexibility index (Phi) is 4.84. The van der Waals surface area contributed by atoms with E-state index in [1.807, 2.05) is 30.3 Å². The van der Waals surface area contributed by atoms with Crippen LogP contribution in [0.15, 0.2) is 51.4 Å². The average Bonchev–Trinajstić information content (AvgIpc) is 2.32. The van der Waals surface area contributed by atoms with Gasteiger partial charge in [0.25, 0.3) is 0 Å². The highest BCUT2D eigenvalue weighted by molar-refractivity contribution is 9.10. The van der Waals surface area contributed by atoms with Crippen molar-refractivity contribution in [1.29, 1.82) is 0 Å². The van der Waals surface area contributed by atoms with E-state index in [4.69, 9.17) is 11.6 Å². The van der Waals surface area contributed by atoms with Crippen molar-refractivity contribution in [3.8, 4) is 0 Å². The Morgan fingerprint density at radius 2 is 1.78 bits per heavy atom. The average molecular weight is 391 g/mol. The molecule has 94 valence electrons. The van der Waals surface area contributed by atoms with E-state index in [0.29, 0.717) is 11.4 Å². The Morgan fingerprint density at radius 1 is 1.06 bits per heavy atom. The summed E-state index contributed by atoms with van der Waals surface area (Å²) in [6, 6.07) is 13.3. The summed E-state index contributed by atoms with van der Waals surface area (Å²) in [7, 11) is 0. The number of aliphatic hydroxyl groups is 1. The first-order valence-electron chi connectivity index (χ1n) is 5.44. The van der Waals surface area contributed by atoms with Crippen molar-refractivity contribution < 1.29 is 5.11 Å². The summed E-state index contributed by atoms with van der Waals surface area (Å²) in [5.74, 6) is 0. The first-order chi connectivity index (χ1) is 8.58. The molecule has 0 radical (unpaired) electrons. The first-order valence-corrected chi connectivity index (χ1v) is 7.40. The molecule has 0 saturated carbocycles. The SMILES string of the molecule is OC(Cc1ccccc1Br)c1ccc(Cl)cc1Br. The summed E-state index contributed by atoms with van der Waals surface area (Å²) in [6.45, 7) is 0. The van der Waals surface area contributed by atoms with Gasteiger partial charge in [-0.1, -0.05) is 67.7 Å². The van der Waals surface area contributed by atoms with Gasteiger partial charge in [-0.2, -0.15) is 0 Å². The van der Waals surface area contributed by atoms with Crippen LogP contribution >= 0.6 is 43.5 Å². The van der Waals surface area contributed by atoms with Crippen LogP contribution in [0.5, 0.6) is 0 Å². The van der Waals surface area contributed by atoms with Crippen LogP contribution in [0, 0.1) is 0 Å². The minimum absolute atomic E-state index is 0.557. The molecule has 2 aromatic carbocycles. The molecule has 1 nitrogen and oxygen atoms in total. The number of rotatable bonds is 3. The maximum absolute atomic E-state index is 10.3. The summed E-state index contributed by atoms with van der Waals surface area (Å²) in [5, 5.41) is 10.9. The zero-order chi connectivity index (χ0) is 13.1. The molecule has 0 aliphatic rings. The van der Waals surface area contributed by atoms with Crippen molar-refractivity contribution >= 4 is 43.5 Å². The molecular formula is C14H11Br2ClO. The Hall–Kier alpha value is -0.350. The molecule has 0 saturated heterocycles. The van der Waals surface area contributed by atoms with Crippen LogP contribution in [0.2, 0.25) is 5.02 Å². The molecule has 0 spiro atoms. The van der Waals surface area contributed by atoms with E-state index in [-0.39, 0.29) is 0 Å². The molecule has 0 amide bonds. The van der Waals surface area contributed by atoms with Crippen LogP contribution in [0.25, 0.3) is 0 Å². The summed E-state index contributed by atoms with van der Waals surface area (Å²) < 4.78 is 1.84. The lowest BCUT2D eigenvalue weighted by Gasteiger charge is -2.14. The predicted octanol–water partition coefficient (Wildman–Crippen LogP) is 5.14. The lowest BCUT2D eigenvalue weighted by molar-refractivity contribution is 0.177. The first kappa shape index (κ1) is 14.1. The zero-order valence-corrected chi connectivity index (χ0v) is 13.3. The van der Waals surface area contributed by atoms with Gasteiger partial charge in [0.05, 0.1) is 6.10 Å². The second-order valence-corrected chi connectivity index (χ2v) is 6.12.